The van der Waals surface area contributed by atoms with Crippen LogP contribution in [0.5, 0.6) is 0 Å². The van der Waals surface area contributed by atoms with Crippen LogP contribution in [0.3, 0.4) is 0 Å². The molecular weight excluding hydrogens is 248 g/mol. The topological polar surface area (TPSA) is 37.3 Å². The zero-order valence-electron chi connectivity index (χ0n) is 12.8. The molecule has 0 aliphatic heterocycles. The second kappa shape index (κ2) is 3.76. The number of carbonyl (C=O) groups is 1. The lowest BCUT2D eigenvalue weighted by atomic mass is 9.61. The second-order valence-electron chi connectivity index (χ2n) is 8.37. The van der Waals surface area contributed by atoms with Crippen molar-refractivity contribution in [3.8, 4) is 0 Å². The minimum Gasteiger partial charge on any atom is -0.392 e. The maximum atomic E-state index is 13.4. The van der Waals surface area contributed by atoms with E-state index in [4.69, 9.17) is 0 Å². The predicted molar refractivity (Wildman–Crippen MR) is 78.0 cm³/mol. The fraction of sp³-hybridized carbons (Fsp3) is 0.833. The van der Waals surface area contributed by atoms with E-state index in [9.17, 15) is 9.90 Å². The third kappa shape index (κ3) is 1.28. The Morgan fingerprint density at radius 1 is 1.30 bits per heavy atom. The van der Waals surface area contributed by atoms with Crippen LogP contribution in [-0.4, -0.2) is 17.0 Å². The average Bonchev–Trinajstić information content (AvgIpc) is 2.83. The summed E-state index contributed by atoms with van der Waals surface area (Å²) in [6, 6.07) is 0. The molecule has 1 spiro atoms. The van der Waals surface area contributed by atoms with Crippen LogP contribution in [0.4, 0.5) is 0 Å². The molecule has 2 bridgehead atoms. The first kappa shape index (κ1) is 13.1. The first-order valence-electron chi connectivity index (χ1n) is 8.30. The van der Waals surface area contributed by atoms with E-state index >= 15 is 0 Å². The van der Waals surface area contributed by atoms with E-state index in [1.165, 1.54) is 0 Å². The molecule has 0 radical (unpaired) electrons. The van der Waals surface area contributed by atoms with Gasteiger partial charge in [0.05, 0.1) is 11.5 Å². The fourth-order valence-corrected chi connectivity index (χ4v) is 6.33. The Balaban J connectivity index is 1.86. The Hall–Kier alpha value is -0.630. The van der Waals surface area contributed by atoms with Crippen LogP contribution < -0.4 is 0 Å². The smallest absolute Gasteiger partial charge is 0.149 e. The van der Waals surface area contributed by atoms with Gasteiger partial charge in [0.15, 0.2) is 0 Å². The molecule has 0 aromatic carbocycles. The summed E-state index contributed by atoms with van der Waals surface area (Å²) in [5.41, 5.74) is -0.123. The SMILES string of the molecule is C[C@@H]1C[C@@H]2[C@H]([C@@H]3C=CC[C@@H]4CC[C@H](O)[C@]41C3=O)C2(C)C. The van der Waals surface area contributed by atoms with Crippen molar-refractivity contribution in [2.45, 2.75) is 52.6 Å². The van der Waals surface area contributed by atoms with E-state index < -0.39 is 11.5 Å². The molecule has 1 N–H and O–H groups in total. The van der Waals surface area contributed by atoms with Gasteiger partial charge in [0.25, 0.3) is 0 Å². The zero-order chi connectivity index (χ0) is 14.3. The first-order chi connectivity index (χ1) is 9.41. The lowest BCUT2D eigenvalue weighted by Crippen LogP contribution is -2.50. The number of allylic oxidation sites excluding steroid dienone is 2. The second-order valence-corrected chi connectivity index (χ2v) is 8.37. The summed E-state index contributed by atoms with van der Waals surface area (Å²) in [5, 5.41) is 10.7. The van der Waals surface area contributed by atoms with Gasteiger partial charge in [0.1, 0.15) is 5.78 Å². The molecule has 4 rings (SSSR count). The van der Waals surface area contributed by atoms with Gasteiger partial charge in [0.2, 0.25) is 0 Å². The van der Waals surface area contributed by atoms with Gasteiger partial charge in [-0.25, -0.2) is 0 Å². The Labute approximate surface area is 121 Å². The number of fused-ring (bicyclic) bond motifs is 3. The highest BCUT2D eigenvalue weighted by Crippen LogP contribution is 2.71. The van der Waals surface area contributed by atoms with Crippen molar-refractivity contribution in [1.29, 1.82) is 0 Å². The highest BCUT2D eigenvalue weighted by atomic mass is 16.3. The number of carbonyl (C=O) groups excluding carboxylic acids is 1. The minimum absolute atomic E-state index is 0.0673. The van der Waals surface area contributed by atoms with Gasteiger partial charge in [-0.3, -0.25) is 4.79 Å². The molecule has 7 atom stereocenters. The lowest BCUT2D eigenvalue weighted by Gasteiger charge is -2.42. The molecule has 2 nitrogen and oxygen atoms in total. The van der Waals surface area contributed by atoms with Crippen molar-refractivity contribution in [3.63, 3.8) is 0 Å². The van der Waals surface area contributed by atoms with E-state index in [-0.39, 0.29) is 5.92 Å². The average molecular weight is 274 g/mol. The summed E-state index contributed by atoms with van der Waals surface area (Å²) in [5.74, 6) is 2.34. The number of rotatable bonds is 0. The Kier molecular flexibility index (Phi) is 2.46. The van der Waals surface area contributed by atoms with E-state index in [1.54, 1.807) is 0 Å². The number of aliphatic hydroxyl groups excluding tert-OH is 1. The number of hydrogen-bond donors (Lipinski definition) is 1. The summed E-state index contributed by atoms with van der Waals surface area (Å²) >= 11 is 0. The minimum atomic E-state index is -0.433. The molecule has 3 fully saturated rings. The molecule has 4 aliphatic carbocycles. The number of ketones is 1. The van der Waals surface area contributed by atoms with Crippen molar-refractivity contribution in [1.82, 2.24) is 0 Å². The van der Waals surface area contributed by atoms with Crippen LogP contribution in [-0.2, 0) is 4.79 Å². The van der Waals surface area contributed by atoms with Crippen LogP contribution in [0, 0.1) is 40.4 Å². The summed E-state index contributed by atoms with van der Waals surface area (Å²) in [7, 11) is 0. The van der Waals surface area contributed by atoms with Gasteiger partial charge in [0, 0.05) is 5.92 Å². The lowest BCUT2D eigenvalue weighted by molar-refractivity contribution is -0.145. The molecule has 4 aliphatic rings. The molecule has 110 valence electrons. The van der Waals surface area contributed by atoms with Crippen molar-refractivity contribution in [2.24, 2.45) is 40.4 Å². The van der Waals surface area contributed by atoms with Gasteiger partial charge >= 0.3 is 0 Å². The van der Waals surface area contributed by atoms with E-state index in [0.29, 0.717) is 34.9 Å². The highest BCUT2D eigenvalue weighted by Gasteiger charge is 2.70. The quantitative estimate of drug-likeness (QED) is 0.689. The van der Waals surface area contributed by atoms with Crippen molar-refractivity contribution < 1.29 is 9.90 Å². The van der Waals surface area contributed by atoms with Gasteiger partial charge in [-0.05, 0) is 54.8 Å². The van der Waals surface area contributed by atoms with Crippen molar-refractivity contribution in [3.05, 3.63) is 12.2 Å². The Morgan fingerprint density at radius 3 is 2.80 bits per heavy atom. The van der Waals surface area contributed by atoms with Gasteiger partial charge in [-0.1, -0.05) is 32.9 Å². The molecule has 0 unspecified atom stereocenters. The highest BCUT2D eigenvalue weighted by molar-refractivity contribution is 5.91. The zero-order valence-corrected chi connectivity index (χ0v) is 12.8. The van der Waals surface area contributed by atoms with Crippen molar-refractivity contribution in [2.75, 3.05) is 0 Å². The largest absolute Gasteiger partial charge is 0.392 e. The van der Waals surface area contributed by atoms with Gasteiger partial charge < -0.3 is 5.11 Å². The van der Waals surface area contributed by atoms with Gasteiger partial charge in [-0.2, -0.15) is 0 Å². The number of hydrogen-bond acceptors (Lipinski definition) is 2. The molecule has 20 heavy (non-hydrogen) atoms. The summed E-state index contributed by atoms with van der Waals surface area (Å²) in [6.07, 6.45) is 7.99. The van der Waals surface area contributed by atoms with Crippen LogP contribution in [0.25, 0.3) is 0 Å². The molecule has 0 saturated heterocycles. The maximum absolute atomic E-state index is 13.4. The third-order valence-corrected chi connectivity index (χ3v) is 7.46. The van der Waals surface area contributed by atoms with Crippen LogP contribution >= 0.6 is 0 Å². The van der Waals surface area contributed by atoms with Crippen LogP contribution in [0.15, 0.2) is 12.2 Å². The monoisotopic (exact) mass is 274 g/mol. The number of Topliss-reactive ketones (excluding diaryl/α,β-unsaturated/α-hetero) is 1. The fourth-order valence-electron chi connectivity index (χ4n) is 6.33. The van der Waals surface area contributed by atoms with Crippen molar-refractivity contribution >= 4 is 5.78 Å². The molecular formula is C18H26O2. The van der Waals surface area contributed by atoms with Crippen LogP contribution in [0.2, 0.25) is 0 Å². The molecule has 0 aromatic rings. The summed E-state index contributed by atoms with van der Waals surface area (Å²) < 4.78 is 0. The van der Waals surface area contributed by atoms with Crippen LogP contribution in [0.1, 0.15) is 46.5 Å². The first-order valence-corrected chi connectivity index (χ1v) is 8.30. The molecule has 0 heterocycles. The summed E-state index contributed by atoms with van der Waals surface area (Å²) in [4.78, 5) is 13.4. The summed E-state index contributed by atoms with van der Waals surface area (Å²) in [6.45, 7) is 6.88. The Morgan fingerprint density at radius 2 is 2.05 bits per heavy atom. The Bertz CT molecular complexity index is 492. The van der Waals surface area contributed by atoms with E-state index in [2.05, 4.69) is 32.9 Å². The standard InChI is InChI=1S/C18H26O2/c1-10-9-13-15(17(13,2)3)12-6-4-5-11-7-8-14(19)18(10,11)16(12)20/h4,6,10-15,19H,5,7-9H2,1-3H3/t10-,11-,12+,13-,14+,15+,18-/m1/s1. The number of aliphatic hydroxyl groups is 1. The molecule has 3 saturated carbocycles. The maximum Gasteiger partial charge on any atom is 0.149 e. The van der Waals surface area contributed by atoms with Gasteiger partial charge in [-0.15, -0.1) is 0 Å². The molecule has 2 heteroatoms. The third-order valence-electron chi connectivity index (χ3n) is 7.46. The molecule has 0 aromatic heterocycles. The molecule has 0 amide bonds. The normalized spacial score (nSPS) is 55.7. The van der Waals surface area contributed by atoms with E-state index in [0.717, 1.165) is 25.7 Å². The predicted octanol–water partition coefficient (Wildman–Crippen LogP) is 3.20. The van der Waals surface area contributed by atoms with E-state index in [1.807, 2.05) is 0 Å².